The maximum atomic E-state index is 12.9. The van der Waals surface area contributed by atoms with Crippen LogP contribution in [0.5, 0.6) is 0 Å². The summed E-state index contributed by atoms with van der Waals surface area (Å²) in [6, 6.07) is 3.55. The number of rotatable bonds is 5. The van der Waals surface area contributed by atoms with Crippen molar-refractivity contribution in [1.82, 2.24) is 14.7 Å². The summed E-state index contributed by atoms with van der Waals surface area (Å²) in [4.78, 5) is 42.7. The lowest BCUT2D eigenvalue weighted by molar-refractivity contribution is -0.144. The van der Waals surface area contributed by atoms with Crippen LogP contribution in [0.15, 0.2) is 18.2 Å². The second-order valence-corrected chi connectivity index (χ2v) is 10.4. The first-order valence-corrected chi connectivity index (χ1v) is 12.3. The lowest BCUT2D eigenvalue weighted by Crippen LogP contribution is -2.59. The third kappa shape index (κ3) is 5.27. The Morgan fingerprint density at radius 2 is 1.91 bits per heavy atom. The quantitative estimate of drug-likeness (QED) is 0.559. The van der Waals surface area contributed by atoms with Gasteiger partial charge in [0.1, 0.15) is 6.04 Å². The van der Waals surface area contributed by atoms with E-state index in [0.29, 0.717) is 28.8 Å². The van der Waals surface area contributed by atoms with Crippen LogP contribution in [0.4, 0.5) is 10.5 Å². The highest BCUT2D eigenvalue weighted by Crippen LogP contribution is 2.53. The summed E-state index contributed by atoms with van der Waals surface area (Å²) in [6.07, 6.45) is 1.17. The Morgan fingerprint density at radius 3 is 2.56 bits per heavy atom. The normalized spacial score (nSPS) is 24.9. The molecule has 0 bridgehead atoms. The van der Waals surface area contributed by atoms with E-state index in [1.54, 1.807) is 24.0 Å². The van der Waals surface area contributed by atoms with E-state index in [1.165, 1.54) is 15.9 Å². The molecule has 3 aliphatic rings. The SMILES string of the molecule is C[C@H]1C(=O)N(CC(O)CC(=O)N2CCC3(CC3)[C@H](O)C2)CCN1C(=O)Nc1ccc(Cl)c(Cl)c1. The van der Waals surface area contributed by atoms with Crippen LogP contribution in [-0.4, -0.2) is 93.7 Å². The molecule has 3 atom stereocenters. The standard InChI is InChI=1S/C23H30Cl2N4O5/c1-14-21(33)28(8-9-29(14)22(34)26-15-2-3-17(24)18(25)10-15)12-16(30)11-20(32)27-7-6-23(4-5-23)19(31)13-27/h2-3,10,14,16,19,30-31H,4-9,11-13H2,1H3,(H,26,34)/t14-,16?,19+/m0/s1. The lowest BCUT2D eigenvalue weighted by Gasteiger charge is -2.40. The number of nitrogens with one attached hydrogen (secondary N) is 1. The van der Waals surface area contributed by atoms with Crippen LogP contribution >= 0.6 is 23.2 Å². The summed E-state index contributed by atoms with van der Waals surface area (Å²) in [5.41, 5.74) is 0.467. The summed E-state index contributed by atoms with van der Waals surface area (Å²) in [5.74, 6) is -0.520. The second kappa shape index (κ2) is 9.89. The molecular weight excluding hydrogens is 483 g/mol. The number of halogens is 2. The Balaban J connectivity index is 1.26. The van der Waals surface area contributed by atoms with Crippen LogP contribution < -0.4 is 5.32 Å². The fourth-order valence-electron chi connectivity index (χ4n) is 4.80. The number of nitrogens with zero attached hydrogens (tertiary/aromatic N) is 3. The molecule has 3 fully saturated rings. The molecule has 4 rings (SSSR count). The number of carbonyl (C=O) groups is 3. The Kier molecular flexibility index (Phi) is 7.28. The Morgan fingerprint density at radius 1 is 1.18 bits per heavy atom. The van der Waals surface area contributed by atoms with Gasteiger partial charge in [-0.1, -0.05) is 23.2 Å². The summed E-state index contributed by atoms with van der Waals surface area (Å²) in [6.45, 7) is 3.05. The number of piperidine rings is 1. The van der Waals surface area contributed by atoms with E-state index >= 15 is 0 Å². The van der Waals surface area contributed by atoms with Crippen molar-refractivity contribution in [2.75, 3.05) is 38.0 Å². The van der Waals surface area contributed by atoms with Gasteiger partial charge in [0.25, 0.3) is 0 Å². The molecule has 2 saturated heterocycles. The average Bonchev–Trinajstić information content (AvgIpc) is 3.56. The predicted octanol–water partition coefficient (Wildman–Crippen LogP) is 2.18. The van der Waals surface area contributed by atoms with Crippen molar-refractivity contribution in [2.24, 2.45) is 5.41 Å². The Hall–Kier alpha value is -2.07. The fourth-order valence-corrected chi connectivity index (χ4v) is 5.09. The highest BCUT2D eigenvalue weighted by atomic mass is 35.5. The van der Waals surface area contributed by atoms with E-state index < -0.39 is 24.3 Å². The molecule has 11 heteroatoms. The van der Waals surface area contributed by atoms with Crippen molar-refractivity contribution in [1.29, 1.82) is 0 Å². The molecule has 9 nitrogen and oxygen atoms in total. The van der Waals surface area contributed by atoms with Gasteiger partial charge in [0.05, 0.1) is 28.7 Å². The van der Waals surface area contributed by atoms with E-state index in [-0.39, 0.29) is 43.3 Å². The van der Waals surface area contributed by atoms with Crippen LogP contribution in [0, 0.1) is 5.41 Å². The van der Waals surface area contributed by atoms with E-state index in [2.05, 4.69) is 5.32 Å². The van der Waals surface area contributed by atoms with Crippen LogP contribution in [0.2, 0.25) is 10.0 Å². The Bertz CT molecular complexity index is 973. The van der Waals surface area contributed by atoms with Crippen LogP contribution in [0.1, 0.15) is 32.6 Å². The second-order valence-electron chi connectivity index (χ2n) is 9.54. The molecule has 1 aromatic carbocycles. The number of aliphatic hydroxyl groups is 2. The van der Waals surface area contributed by atoms with E-state index in [0.717, 1.165) is 19.3 Å². The number of hydrogen-bond acceptors (Lipinski definition) is 5. The zero-order valence-electron chi connectivity index (χ0n) is 19.0. The van der Waals surface area contributed by atoms with Gasteiger partial charge in [-0.2, -0.15) is 0 Å². The maximum Gasteiger partial charge on any atom is 0.322 e. The lowest BCUT2D eigenvalue weighted by atomic mass is 9.90. The number of piperazine rings is 1. The molecule has 1 aliphatic carbocycles. The highest BCUT2D eigenvalue weighted by Gasteiger charge is 2.51. The summed E-state index contributed by atoms with van der Waals surface area (Å²) >= 11 is 11.9. The largest absolute Gasteiger partial charge is 0.391 e. The number of aliphatic hydroxyl groups excluding tert-OH is 2. The minimum atomic E-state index is -1.02. The maximum absolute atomic E-state index is 12.9. The van der Waals surface area contributed by atoms with Gasteiger partial charge >= 0.3 is 6.03 Å². The van der Waals surface area contributed by atoms with Crippen molar-refractivity contribution in [3.8, 4) is 0 Å². The molecule has 2 aliphatic heterocycles. The van der Waals surface area contributed by atoms with E-state index in [1.807, 2.05) is 0 Å². The van der Waals surface area contributed by atoms with Crippen molar-refractivity contribution in [3.63, 3.8) is 0 Å². The van der Waals surface area contributed by atoms with Gasteiger partial charge in [-0.15, -0.1) is 0 Å². The van der Waals surface area contributed by atoms with Crippen molar-refractivity contribution in [3.05, 3.63) is 28.2 Å². The predicted molar refractivity (Wildman–Crippen MR) is 128 cm³/mol. The number of benzene rings is 1. The third-order valence-corrected chi connectivity index (χ3v) is 7.98. The minimum absolute atomic E-state index is 0.00371. The molecule has 1 saturated carbocycles. The van der Waals surface area contributed by atoms with Gasteiger partial charge in [0.2, 0.25) is 11.8 Å². The molecule has 2 heterocycles. The van der Waals surface area contributed by atoms with Crippen molar-refractivity contribution < 1.29 is 24.6 Å². The number of anilines is 1. The first-order chi connectivity index (χ1) is 16.1. The molecule has 34 heavy (non-hydrogen) atoms. The number of hydrogen-bond donors (Lipinski definition) is 3. The van der Waals surface area contributed by atoms with E-state index in [4.69, 9.17) is 23.2 Å². The monoisotopic (exact) mass is 512 g/mol. The number of likely N-dealkylation sites (tertiary alicyclic amines) is 1. The zero-order valence-corrected chi connectivity index (χ0v) is 20.6. The minimum Gasteiger partial charge on any atom is -0.391 e. The zero-order chi connectivity index (χ0) is 24.6. The number of β-amino-alcohol motifs (C(OH)–C–C–N with tert-alkyl or cyclic N) is 2. The molecule has 3 N–H and O–H groups in total. The number of amides is 4. The molecule has 0 aromatic heterocycles. The molecule has 1 unspecified atom stereocenters. The molecular formula is C23H30Cl2N4O5. The third-order valence-electron chi connectivity index (χ3n) is 7.25. The van der Waals surface area contributed by atoms with Gasteiger partial charge in [-0.3, -0.25) is 9.59 Å². The van der Waals surface area contributed by atoms with Gasteiger partial charge in [0.15, 0.2) is 0 Å². The smallest absolute Gasteiger partial charge is 0.322 e. The molecule has 0 radical (unpaired) electrons. The summed E-state index contributed by atoms with van der Waals surface area (Å²) in [5, 5.41) is 24.2. The van der Waals surface area contributed by atoms with Gasteiger partial charge in [-0.25, -0.2) is 4.79 Å². The van der Waals surface area contributed by atoms with Gasteiger partial charge < -0.3 is 30.2 Å². The number of urea groups is 1. The summed E-state index contributed by atoms with van der Waals surface area (Å²) < 4.78 is 0. The number of carbonyl (C=O) groups excluding carboxylic acids is 3. The highest BCUT2D eigenvalue weighted by molar-refractivity contribution is 6.42. The summed E-state index contributed by atoms with van der Waals surface area (Å²) in [7, 11) is 0. The molecule has 4 amide bonds. The molecule has 1 spiro atoms. The van der Waals surface area contributed by atoms with Crippen LogP contribution in [-0.2, 0) is 9.59 Å². The average molecular weight is 513 g/mol. The van der Waals surface area contributed by atoms with Crippen molar-refractivity contribution >= 4 is 46.7 Å². The van der Waals surface area contributed by atoms with Crippen LogP contribution in [0.25, 0.3) is 0 Å². The van der Waals surface area contributed by atoms with Gasteiger partial charge in [0, 0.05) is 38.4 Å². The van der Waals surface area contributed by atoms with Gasteiger partial charge in [-0.05, 0) is 49.8 Å². The van der Waals surface area contributed by atoms with E-state index in [9.17, 15) is 24.6 Å². The molecule has 1 aromatic rings. The van der Waals surface area contributed by atoms with Crippen LogP contribution in [0.3, 0.4) is 0 Å². The van der Waals surface area contributed by atoms with Crippen molar-refractivity contribution in [2.45, 2.75) is 50.9 Å². The fraction of sp³-hybridized carbons (Fsp3) is 0.609. The first kappa shape index (κ1) is 25.0. The topological polar surface area (TPSA) is 113 Å². The Labute approximate surface area is 208 Å². The molecule has 186 valence electrons. The first-order valence-electron chi connectivity index (χ1n) is 11.5.